The molecule has 0 amide bonds. The van der Waals surface area contributed by atoms with Gasteiger partial charge in [-0.2, -0.15) is 13.2 Å². The van der Waals surface area contributed by atoms with Crippen molar-refractivity contribution in [1.82, 2.24) is 10.6 Å². The van der Waals surface area contributed by atoms with E-state index >= 15 is 0 Å². The molecule has 4 nitrogen and oxygen atoms in total. The number of hydrogen-bond acceptors (Lipinski definition) is 3. The van der Waals surface area contributed by atoms with E-state index < -0.39 is 12.8 Å². The zero-order valence-corrected chi connectivity index (χ0v) is 17.3. The van der Waals surface area contributed by atoms with E-state index in [1.165, 1.54) is 10.9 Å². The minimum Gasteiger partial charge on any atom is -0.484 e. The van der Waals surface area contributed by atoms with Crippen LogP contribution in [0, 0.1) is 0 Å². The topological polar surface area (TPSA) is 45.7 Å². The van der Waals surface area contributed by atoms with Crippen molar-refractivity contribution in [1.29, 1.82) is 0 Å². The summed E-state index contributed by atoms with van der Waals surface area (Å²) < 4.78 is 41.9. The van der Waals surface area contributed by atoms with Gasteiger partial charge in [0, 0.05) is 30.6 Å². The normalized spacial score (nSPS) is 11.6. The molecule has 144 valence electrons. The molecule has 0 saturated heterocycles. The predicted molar refractivity (Wildman–Crippen MR) is 110 cm³/mol. The lowest BCUT2D eigenvalue weighted by molar-refractivity contribution is -0.153. The van der Waals surface area contributed by atoms with Crippen molar-refractivity contribution in [2.75, 3.05) is 20.2 Å². The molecule has 0 aliphatic heterocycles. The first kappa shape index (κ1) is 22.6. The van der Waals surface area contributed by atoms with E-state index in [1.54, 1.807) is 36.6 Å². The Morgan fingerprint density at radius 1 is 1.15 bits per heavy atom. The molecule has 0 bridgehead atoms. The monoisotopic (exact) mass is 499 g/mol. The van der Waals surface area contributed by atoms with Crippen LogP contribution in [0.4, 0.5) is 13.2 Å². The Hall–Kier alpha value is -1.49. The maximum absolute atomic E-state index is 12.3. The van der Waals surface area contributed by atoms with Crippen LogP contribution in [0.15, 0.2) is 46.8 Å². The highest BCUT2D eigenvalue weighted by molar-refractivity contribution is 14.0. The molecule has 0 fully saturated rings. The summed E-state index contributed by atoms with van der Waals surface area (Å²) in [7, 11) is 1.65. The molecule has 26 heavy (non-hydrogen) atoms. The van der Waals surface area contributed by atoms with Crippen LogP contribution in [0.3, 0.4) is 0 Å². The number of nitrogens with zero attached hydrogens (tertiary/aromatic N) is 1. The third-order valence-corrected chi connectivity index (χ3v) is 4.21. The minimum absolute atomic E-state index is 0. The van der Waals surface area contributed by atoms with Crippen LogP contribution in [0.2, 0.25) is 0 Å². The van der Waals surface area contributed by atoms with Crippen LogP contribution in [0.25, 0.3) is 0 Å². The summed E-state index contributed by atoms with van der Waals surface area (Å²) >= 11 is 1.69. The van der Waals surface area contributed by atoms with Crippen molar-refractivity contribution in [3.63, 3.8) is 0 Å². The van der Waals surface area contributed by atoms with Crippen LogP contribution < -0.4 is 15.4 Å². The summed E-state index contributed by atoms with van der Waals surface area (Å²) in [6.45, 7) is -0.281. The number of hydrogen-bond donors (Lipinski definition) is 2. The number of nitrogens with one attached hydrogen (secondary N) is 2. The van der Waals surface area contributed by atoms with Crippen molar-refractivity contribution in [2.45, 2.75) is 19.1 Å². The molecule has 0 aliphatic rings. The van der Waals surface area contributed by atoms with E-state index in [4.69, 9.17) is 4.74 Å². The molecule has 1 aromatic heterocycles. The van der Waals surface area contributed by atoms with Gasteiger partial charge in [0.25, 0.3) is 0 Å². The van der Waals surface area contributed by atoms with E-state index in [9.17, 15) is 13.2 Å². The number of alkyl halides is 3. The molecule has 2 rings (SSSR count). The second kappa shape index (κ2) is 11.3. The Balaban J connectivity index is 0.00000338. The highest BCUT2D eigenvalue weighted by Crippen LogP contribution is 2.22. The summed E-state index contributed by atoms with van der Waals surface area (Å²) in [4.78, 5) is 5.39. The predicted octanol–water partition coefficient (Wildman–Crippen LogP) is 4.21. The van der Waals surface area contributed by atoms with Gasteiger partial charge in [-0.3, -0.25) is 4.99 Å². The van der Waals surface area contributed by atoms with Gasteiger partial charge in [0.05, 0.1) is 0 Å². The Morgan fingerprint density at radius 3 is 2.58 bits per heavy atom. The summed E-state index contributed by atoms with van der Waals surface area (Å²) in [5.74, 6) is 0.795. The van der Waals surface area contributed by atoms with E-state index in [-0.39, 0.29) is 29.7 Å². The van der Waals surface area contributed by atoms with Crippen LogP contribution in [-0.2, 0) is 13.0 Å². The molecule has 0 saturated carbocycles. The molecule has 0 spiro atoms. The van der Waals surface area contributed by atoms with E-state index in [0.717, 1.165) is 6.42 Å². The van der Waals surface area contributed by atoms with E-state index in [1.807, 2.05) is 11.4 Å². The first-order valence-electron chi connectivity index (χ1n) is 7.72. The minimum atomic E-state index is -4.36. The fourth-order valence-electron chi connectivity index (χ4n) is 2.11. The van der Waals surface area contributed by atoms with Crippen molar-refractivity contribution in [3.8, 4) is 5.75 Å². The first-order chi connectivity index (χ1) is 12.0. The third-order valence-electron chi connectivity index (χ3n) is 3.28. The Kier molecular flexibility index (Phi) is 9.78. The average Bonchev–Trinajstić information content (AvgIpc) is 3.09. The lowest BCUT2D eigenvalue weighted by atomic mass is 10.2. The van der Waals surface area contributed by atoms with Gasteiger partial charge in [0.1, 0.15) is 5.75 Å². The zero-order valence-electron chi connectivity index (χ0n) is 14.2. The van der Waals surface area contributed by atoms with Gasteiger partial charge in [-0.25, -0.2) is 0 Å². The third kappa shape index (κ3) is 8.26. The number of halogens is 4. The van der Waals surface area contributed by atoms with Crippen LogP contribution >= 0.6 is 35.3 Å². The number of aliphatic imine (C=N–C) groups is 1. The van der Waals surface area contributed by atoms with Gasteiger partial charge < -0.3 is 15.4 Å². The summed E-state index contributed by atoms with van der Waals surface area (Å²) in [5.41, 5.74) is 0.632. The number of ether oxygens (including phenoxy) is 1. The fraction of sp³-hybridized carbons (Fsp3) is 0.353. The lowest BCUT2D eigenvalue weighted by Gasteiger charge is -2.15. The standard InChI is InChI=1S/C17H20F3N3OS.HI/c1-21-16(22-9-8-14-6-4-10-25-14)23-11-13-5-2-3-7-15(13)24-12-17(18,19)20;/h2-7,10H,8-9,11-12H2,1H3,(H2,21,22,23);1H. The van der Waals surface area contributed by atoms with Gasteiger partial charge in [0.2, 0.25) is 0 Å². The van der Waals surface area contributed by atoms with Crippen LogP contribution in [-0.4, -0.2) is 32.3 Å². The second-order valence-electron chi connectivity index (χ2n) is 5.19. The SMILES string of the molecule is CN=C(NCCc1cccs1)NCc1ccccc1OCC(F)(F)F.I. The Morgan fingerprint density at radius 2 is 1.92 bits per heavy atom. The molecule has 0 radical (unpaired) electrons. The number of thiophene rings is 1. The van der Waals surface area contributed by atoms with Crippen molar-refractivity contribution < 1.29 is 17.9 Å². The van der Waals surface area contributed by atoms with Gasteiger partial charge in [-0.15, -0.1) is 35.3 Å². The smallest absolute Gasteiger partial charge is 0.422 e. The quantitative estimate of drug-likeness (QED) is 0.341. The molecular formula is C17H21F3IN3OS. The van der Waals surface area contributed by atoms with Crippen molar-refractivity contribution >= 4 is 41.3 Å². The molecule has 0 aliphatic carbocycles. The second-order valence-corrected chi connectivity index (χ2v) is 6.23. The fourth-order valence-corrected chi connectivity index (χ4v) is 2.82. The van der Waals surface area contributed by atoms with Gasteiger partial charge in [-0.1, -0.05) is 24.3 Å². The average molecular weight is 499 g/mol. The summed E-state index contributed by atoms with van der Waals surface area (Å²) in [5, 5.41) is 8.29. The van der Waals surface area contributed by atoms with E-state index in [2.05, 4.69) is 21.7 Å². The number of benzene rings is 1. The summed E-state index contributed by atoms with van der Waals surface area (Å²) in [6, 6.07) is 10.7. The van der Waals surface area contributed by atoms with Gasteiger partial charge in [-0.05, 0) is 23.9 Å². The van der Waals surface area contributed by atoms with Crippen molar-refractivity contribution in [3.05, 3.63) is 52.2 Å². The molecule has 2 N–H and O–H groups in total. The van der Waals surface area contributed by atoms with Gasteiger partial charge >= 0.3 is 6.18 Å². The highest BCUT2D eigenvalue weighted by atomic mass is 127. The Bertz CT molecular complexity index is 678. The zero-order chi connectivity index (χ0) is 18.1. The van der Waals surface area contributed by atoms with E-state index in [0.29, 0.717) is 24.6 Å². The maximum atomic E-state index is 12.3. The van der Waals surface area contributed by atoms with Crippen molar-refractivity contribution in [2.24, 2.45) is 4.99 Å². The van der Waals surface area contributed by atoms with Gasteiger partial charge in [0.15, 0.2) is 12.6 Å². The first-order valence-corrected chi connectivity index (χ1v) is 8.60. The maximum Gasteiger partial charge on any atom is 0.422 e. The molecular weight excluding hydrogens is 478 g/mol. The summed E-state index contributed by atoms with van der Waals surface area (Å²) in [6.07, 6.45) is -3.48. The molecule has 0 atom stereocenters. The molecule has 9 heteroatoms. The number of guanidine groups is 1. The lowest BCUT2D eigenvalue weighted by Crippen LogP contribution is -2.37. The highest BCUT2D eigenvalue weighted by Gasteiger charge is 2.28. The Labute approximate surface area is 171 Å². The molecule has 1 heterocycles. The largest absolute Gasteiger partial charge is 0.484 e. The molecule has 0 unspecified atom stereocenters. The van der Waals surface area contributed by atoms with Crippen LogP contribution in [0.1, 0.15) is 10.4 Å². The molecule has 1 aromatic carbocycles. The number of para-hydroxylation sites is 1. The van der Waals surface area contributed by atoms with Crippen LogP contribution in [0.5, 0.6) is 5.75 Å². The molecule has 2 aromatic rings. The number of rotatable bonds is 7.